The van der Waals surface area contributed by atoms with E-state index in [-0.39, 0.29) is 12.1 Å². The van der Waals surface area contributed by atoms with E-state index in [0.29, 0.717) is 26.2 Å². The molecule has 0 bridgehead atoms. The van der Waals surface area contributed by atoms with Crippen molar-refractivity contribution in [2.24, 2.45) is 22.9 Å². The fourth-order valence-corrected chi connectivity index (χ4v) is 2.92. The molecular weight excluding hydrogens is 358 g/mol. The predicted molar refractivity (Wildman–Crippen MR) is 116 cm³/mol. The quantitative estimate of drug-likeness (QED) is 0.216. The SMILES string of the molecule is CC(C)(C)OC(=O)NCCCCC(N)CN(CCN)CCN(CCN)CCN. The van der Waals surface area contributed by atoms with E-state index in [2.05, 4.69) is 15.1 Å². The van der Waals surface area contributed by atoms with E-state index in [4.69, 9.17) is 27.7 Å². The van der Waals surface area contributed by atoms with Crippen LogP contribution in [0.3, 0.4) is 0 Å². The highest BCUT2D eigenvalue weighted by Gasteiger charge is 2.15. The Labute approximate surface area is 171 Å². The van der Waals surface area contributed by atoms with Crippen LogP contribution in [0.4, 0.5) is 4.79 Å². The van der Waals surface area contributed by atoms with Crippen LogP contribution in [0.25, 0.3) is 0 Å². The van der Waals surface area contributed by atoms with Crippen molar-refractivity contribution in [1.29, 1.82) is 0 Å². The summed E-state index contributed by atoms with van der Waals surface area (Å²) < 4.78 is 5.21. The number of amides is 1. The van der Waals surface area contributed by atoms with Gasteiger partial charge in [-0.2, -0.15) is 0 Å². The lowest BCUT2D eigenvalue weighted by Crippen LogP contribution is -2.45. The van der Waals surface area contributed by atoms with Gasteiger partial charge in [-0.05, 0) is 33.6 Å². The molecule has 0 saturated carbocycles. The molecule has 9 N–H and O–H groups in total. The third kappa shape index (κ3) is 16.0. The highest BCUT2D eigenvalue weighted by atomic mass is 16.6. The second-order valence-corrected chi connectivity index (χ2v) is 8.19. The van der Waals surface area contributed by atoms with Gasteiger partial charge in [0.2, 0.25) is 0 Å². The van der Waals surface area contributed by atoms with Crippen molar-refractivity contribution in [3.8, 4) is 0 Å². The molecule has 0 radical (unpaired) electrons. The van der Waals surface area contributed by atoms with Crippen LogP contribution >= 0.6 is 0 Å². The number of rotatable bonds is 16. The zero-order valence-corrected chi connectivity index (χ0v) is 18.3. The minimum Gasteiger partial charge on any atom is -0.444 e. The van der Waals surface area contributed by atoms with Gasteiger partial charge < -0.3 is 33.0 Å². The molecule has 0 aromatic carbocycles. The lowest BCUT2D eigenvalue weighted by atomic mass is 10.1. The highest BCUT2D eigenvalue weighted by molar-refractivity contribution is 5.67. The maximum Gasteiger partial charge on any atom is 0.407 e. The third-order valence-corrected chi connectivity index (χ3v) is 4.23. The summed E-state index contributed by atoms with van der Waals surface area (Å²) in [6, 6.07) is 0.0885. The fraction of sp³-hybridized carbons (Fsp3) is 0.947. The van der Waals surface area contributed by atoms with Gasteiger partial charge in [-0.3, -0.25) is 9.80 Å². The summed E-state index contributed by atoms with van der Waals surface area (Å²) in [6.07, 6.45) is 2.38. The molecule has 9 heteroatoms. The van der Waals surface area contributed by atoms with Gasteiger partial charge in [-0.25, -0.2) is 4.79 Å². The molecule has 0 aliphatic rings. The molecular formula is C19H45N7O2. The van der Waals surface area contributed by atoms with Crippen molar-refractivity contribution in [2.75, 3.05) is 65.4 Å². The van der Waals surface area contributed by atoms with E-state index in [0.717, 1.165) is 58.5 Å². The molecule has 0 aliphatic heterocycles. The molecule has 0 fully saturated rings. The van der Waals surface area contributed by atoms with Crippen LogP contribution in [0.1, 0.15) is 40.0 Å². The summed E-state index contributed by atoms with van der Waals surface area (Å²) in [5, 5.41) is 2.78. The van der Waals surface area contributed by atoms with Crippen LogP contribution in [0.2, 0.25) is 0 Å². The van der Waals surface area contributed by atoms with Crippen LogP contribution in [-0.4, -0.2) is 93.0 Å². The largest absolute Gasteiger partial charge is 0.444 e. The second kappa shape index (κ2) is 15.9. The molecule has 1 atom stereocenters. The van der Waals surface area contributed by atoms with Crippen LogP contribution in [0.5, 0.6) is 0 Å². The highest BCUT2D eigenvalue weighted by Crippen LogP contribution is 2.07. The average molecular weight is 404 g/mol. The topological polar surface area (TPSA) is 149 Å². The van der Waals surface area contributed by atoms with Crippen molar-refractivity contribution in [2.45, 2.75) is 51.7 Å². The van der Waals surface area contributed by atoms with Gasteiger partial charge in [0.25, 0.3) is 0 Å². The molecule has 0 saturated heterocycles. The number of nitrogens with zero attached hydrogens (tertiary/aromatic N) is 2. The van der Waals surface area contributed by atoms with E-state index in [1.807, 2.05) is 20.8 Å². The Morgan fingerprint density at radius 2 is 1.46 bits per heavy atom. The van der Waals surface area contributed by atoms with Gasteiger partial charge in [-0.15, -0.1) is 0 Å². The number of unbranched alkanes of at least 4 members (excludes halogenated alkanes) is 1. The lowest BCUT2D eigenvalue weighted by Gasteiger charge is -2.29. The Hall–Kier alpha value is -0.970. The van der Waals surface area contributed by atoms with Crippen LogP contribution in [-0.2, 0) is 4.74 Å². The number of carbonyl (C=O) groups excluding carboxylic acids is 1. The van der Waals surface area contributed by atoms with E-state index in [9.17, 15) is 4.79 Å². The molecule has 0 aliphatic carbocycles. The van der Waals surface area contributed by atoms with Crippen LogP contribution in [0, 0.1) is 0 Å². The first-order chi connectivity index (χ1) is 13.2. The average Bonchev–Trinajstić information content (AvgIpc) is 2.58. The number of carbonyl (C=O) groups is 1. The first-order valence-corrected chi connectivity index (χ1v) is 10.5. The Balaban J connectivity index is 4.06. The first-order valence-electron chi connectivity index (χ1n) is 10.5. The number of alkyl carbamates (subject to hydrolysis) is 1. The molecule has 0 aromatic rings. The van der Waals surface area contributed by atoms with E-state index in [1.54, 1.807) is 0 Å². The van der Waals surface area contributed by atoms with Crippen LogP contribution < -0.4 is 28.3 Å². The predicted octanol–water partition coefficient (Wildman–Crippen LogP) is -0.511. The van der Waals surface area contributed by atoms with Crippen molar-refractivity contribution < 1.29 is 9.53 Å². The lowest BCUT2D eigenvalue weighted by molar-refractivity contribution is 0.0527. The number of hydrogen-bond acceptors (Lipinski definition) is 8. The van der Waals surface area contributed by atoms with Gasteiger partial charge in [-0.1, -0.05) is 6.42 Å². The zero-order valence-electron chi connectivity index (χ0n) is 18.3. The minimum absolute atomic E-state index is 0.0885. The molecule has 0 rings (SSSR count). The van der Waals surface area contributed by atoms with Crippen molar-refractivity contribution in [1.82, 2.24) is 15.1 Å². The first kappa shape index (κ1) is 27.0. The summed E-state index contributed by atoms with van der Waals surface area (Å²) in [6.45, 7) is 13.2. The summed E-state index contributed by atoms with van der Waals surface area (Å²) in [5.74, 6) is 0. The maximum absolute atomic E-state index is 11.6. The standard InChI is InChI=1S/C19H45N7O2/c1-19(2,3)28-18(27)24-10-5-4-6-17(23)16-26(13-9-22)15-14-25(11-7-20)12-8-21/h17H,4-16,20-23H2,1-3H3,(H,24,27). The third-order valence-electron chi connectivity index (χ3n) is 4.23. The van der Waals surface area contributed by atoms with E-state index < -0.39 is 5.60 Å². The van der Waals surface area contributed by atoms with Gasteiger partial charge in [0.05, 0.1) is 0 Å². The molecule has 1 unspecified atom stereocenters. The molecule has 168 valence electrons. The number of ether oxygens (including phenoxy) is 1. The molecule has 0 spiro atoms. The Morgan fingerprint density at radius 1 is 0.929 bits per heavy atom. The van der Waals surface area contributed by atoms with Gasteiger partial charge in [0, 0.05) is 71.5 Å². The maximum atomic E-state index is 11.6. The monoisotopic (exact) mass is 403 g/mol. The van der Waals surface area contributed by atoms with Crippen molar-refractivity contribution in [3.63, 3.8) is 0 Å². The van der Waals surface area contributed by atoms with Gasteiger partial charge in [0.1, 0.15) is 5.60 Å². The van der Waals surface area contributed by atoms with Crippen molar-refractivity contribution >= 4 is 6.09 Å². The number of nitrogens with one attached hydrogen (secondary N) is 1. The summed E-state index contributed by atoms with van der Waals surface area (Å²) in [7, 11) is 0. The van der Waals surface area contributed by atoms with Gasteiger partial charge >= 0.3 is 6.09 Å². The zero-order chi connectivity index (χ0) is 21.4. The number of nitrogens with two attached hydrogens (primary N) is 4. The summed E-state index contributed by atoms with van der Waals surface area (Å²) >= 11 is 0. The Bertz CT molecular complexity index is 385. The minimum atomic E-state index is -0.469. The number of hydrogen-bond donors (Lipinski definition) is 5. The normalized spacial score (nSPS) is 13.2. The summed E-state index contributed by atoms with van der Waals surface area (Å²) in [4.78, 5) is 16.2. The molecule has 0 heterocycles. The molecule has 28 heavy (non-hydrogen) atoms. The Kier molecular flexibility index (Phi) is 15.3. The smallest absolute Gasteiger partial charge is 0.407 e. The van der Waals surface area contributed by atoms with Gasteiger partial charge in [0.15, 0.2) is 0 Å². The molecule has 0 aromatic heterocycles. The van der Waals surface area contributed by atoms with Crippen LogP contribution in [0.15, 0.2) is 0 Å². The van der Waals surface area contributed by atoms with E-state index >= 15 is 0 Å². The van der Waals surface area contributed by atoms with Crippen molar-refractivity contribution in [3.05, 3.63) is 0 Å². The molecule has 1 amide bonds. The van der Waals surface area contributed by atoms with E-state index in [1.165, 1.54) is 0 Å². The fourth-order valence-electron chi connectivity index (χ4n) is 2.92. The molecule has 9 nitrogen and oxygen atoms in total. The second-order valence-electron chi connectivity index (χ2n) is 8.19. The Morgan fingerprint density at radius 3 is 2.00 bits per heavy atom. The summed E-state index contributed by atoms with van der Waals surface area (Å²) in [5.41, 5.74) is 22.9.